The molecule has 1 N–H and O–H groups in total. The van der Waals surface area contributed by atoms with E-state index in [1.54, 1.807) is 30.3 Å². The maximum absolute atomic E-state index is 13.4. The molecule has 2 aromatic rings. The van der Waals surface area contributed by atoms with E-state index in [1.165, 1.54) is 18.2 Å². The van der Waals surface area contributed by atoms with Gasteiger partial charge in [0.2, 0.25) is 10.0 Å². The Morgan fingerprint density at radius 2 is 1.68 bits per heavy atom. The molecule has 3 nitrogen and oxygen atoms in total. The highest BCUT2D eigenvalue weighted by atomic mass is 35.5. The number of halogens is 2. The molecule has 0 aromatic heterocycles. The molecule has 0 radical (unpaired) electrons. The fraction of sp³-hybridized carbons (Fsp3) is 0.0769. The summed E-state index contributed by atoms with van der Waals surface area (Å²) in [7, 11) is -3.71. The third-order valence-electron chi connectivity index (χ3n) is 2.44. The molecule has 0 unspecified atom stereocenters. The van der Waals surface area contributed by atoms with Crippen LogP contribution < -0.4 is 4.72 Å². The second-order valence-corrected chi connectivity index (χ2v) is 6.06. The summed E-state index contributed by atoms with van der Waals surface area (Å²) in [5.74, 6) is -0.925. The summed E-state index contributed by atoms with van der Waals surface area (Å²) in [4.78, 5) is 0. The second-order valence-electron chi connectivity index (χ2n) is 3.93. The minimum atomic E-state index is -3.71. The lowest BCUT2D eigenvalue weighted by Gasteiger charge is -2.09. The largest absolute Gasteiger partial charge is 0.280 e. The Morgan fingerprint density at radius 3 is 2.37 bits per heavy atom. The summed E-state index contributed by atoms with van der Waals surface area (Å²) in [5.41, 5.74) is 0.391. The van der Waals surface area contributed by atoms with Crippen molar-refractivity contribution in [1.29, 1.82) is 0 Å². The van der Waals surface area contributed by atoms with Gasteiger partial charge in [0.1, 0.15) is 5.82 Å². The Bertz CT molecular complexity index is 635. The summed E-state index contributed by atoms with van der Waals surface area (Å²) >= 11 is 5.90. The highest BCUT2D eigenvalue weighted by Gasteiger charge is 2.15. The van der Waals surface area contributed by atoms with Gasteiger partial charge in [0.05, 0.1) is 11.4 Å². The SMILES string of the molecule is O=S(=O)(Cc1ccccc1Cl)Nc1ccccc1F. The van der Waals surface area contributed by atoms with Gasteiger partial charge in [0.25, 0.3) is 0 Å². The Hall–Kier alpha value is -1.59. The predicted molar refractivity (Wildman–Crippen MR) is 74.1 cm³/mol. The molecule has 0 fully saturated rings. The lowest BCUT2D eigenvalue weighted by Crippen LogP contribution is -2.16. The molecular weight excluding hydrogens is 289 g/mol. The minimum Gasteiger partial charge on any atom is -0.280 e. The number of hydrogen-bond acceptors (Lipinski definition) is 2. The number of sulfonamides is 1. The maximum atomic E-state index is 13.4. The summed E-state index contributed by atoms with van der Waals surface area (Å²) in [5, 5.41) is 0.362. The van der Waals surface area contributed by atoms with Crippen LogP contribution in [0.25, 0.3) is 0 Å². The summed E-state index contributed by atoms with van der Waals surface area (Å²) in [6, 6.07) is 12.2. The molecule has 0 spiro atoms. The zero-order valence-corrected chi connectivity index (χ0v) is 11.4. The molecule has 2 rings (SSSR count). The molecule has 0 aliphatic heterocycles. The molecule has 100 valence electrons. The number of hydrogen-bond donors (Lipinski definition) is 1. The molecule has 6 heteroatoms. The summed E-state index contributed by atoms with van der Waals surface area (Å²) in [6.07, 6.45) is 0. The number of nitrogens with one attached hydrogen (secondary N) is 1. The van der Waals surface area contributed by atoms with Gasteiger partial charge in [-0.25, -0.2) is 12.8 Å². The van der Waals surface area contributed by atoms with Gasteiger partial charge in [-0.05, 0) is 23.8 Å². The number of rotatable bonds is 4. The van der Waals surface area contributed by atoms with Crippen LogP contribution in [-0.2, 0) is 15.8 Å². The third-order valence-corrected chi connectivity index (χ3v) is 4.03. The molecule has 0 aliphatic carbocycles. The summed E-state index contributed by atoms with van der Waals surface area (Å²) < 4.78 is 39.5. The smallest absolute Gasteiger partial charge is 0.237 e. The predicted octanol–water partition coefficient (Wildman–Crippen LogP) is 3.42. The van der Waals surface area contributed by atoms with Crippen molar-refractivity contribution in [1.82, 2.24) is 0 Å². The molecule has 0 aliphatic rings. The topological polar surface area (TPSA) is 46.2 Å². The first kappa shape index (κ1) is 13.8. The van der Waals surface area contributed by atoms with E-state index in [0.717, 1.165) is 0 Å². The van der Waals surface area contributed by atoms with Crippen molar-refractivity contribution in [3.8, 4) is 0 Å². The molecule has 2 aromatic carbocycles. The first-order valence-electron chi connectivity index (χ1n) is 5.46. The highest BCUT2D eigenvalue weighted by Crippen LogP contribution is 2.20. The molecular formula is C13H11ClFNO2S. The molecule has 0 amide bonds. The molecule has 0 saturated carbocycles. The molecule has 19 heavy (non-hydrogen) atoms. The number of anilines is 1. The van der Waals surface area contributed by atoms with Crippen LogP contribution in [0.15, 0.2) is 48.5 Å². The van der Waals surface area contributed by atoms with Crippen molar-refractivity contribution < 1.29 is 12.8 Å². The second kappa shape index (κ2) is 5.59. The monoisotopic (exact) mass is 299 g/mol. The Balaban J connectivity index is 2.21. The fourth-order valence-electron chi connectivity index (χ4n) is 1.57. The van der Waals surface area contributed by atoms with E-state index in [9.17, 15) is 12.8 Å². The number of para-hydroxylation sites is 1. The maximum Gasteiger partial charge on any atom is 0.237 e. The van der Waals surface area contributed by atoms with Crippen LogP contribution in [0.1, 0.15) is 5.56 Å². The first-order chi connectivity index (χ1) is 8.98. The van der Waals surface area contributed by atoms with Crippen LogP contribution in [0.5, 0.6) is 0 Å². The van der Waals surface area contributed by atoms with Gasteiger partial charge in [-0.2, -0.15) is 0 Å². The van der Waals surface area contributed by atoms with Crippen molar-refractivity contribution in [3.63, 3.8) is 0 Å². The zero-order chi connectivity index (χ0) is 13.9. The molecule has 0 bridgehead atoms. The highest BCUT2D eigenvalue weighted by molar-refractivity contribution is 7.91. The Labute approximate surface area is 116 Å². The fourth-order valence-corrected chi connectivity index (χ4v) is 3.08. The third kappa shape index (κ3) is 3.68. The Morgan fingerprint density at radius 1 is 1.05 bits per heavy atom. The van der Waals surface area contributed by atoms with Gasteiger partial charge in [-0.3, -0.25) is 4.72 Å². The van der Waals surface area contributed by atoms with Crippen molar-refractivity contribution >= 4 is 27.3 Å². The van der Waals surface area contributed by atoms with Crippen LogP contribution in [0.4, 0.5) is 10.1 Å². The standard InChI is InChI=1S/C13H11ClFNO2S/c14-11-6-2-1-5-10(11)9-19(17,18)16-13-8-4-3-7-12(13)15/h1-8,16H,9H2. The van der Waals surface area contributed by atoms with E-state index in [4.69, 9.17) is 11.6 Å². The normalized spacial score (nSPS) is 11.3. The Kier molecular flexibility index (Phi) is 4.07. The van der Waals surface area contributed by atoms with E-state index >= 15 is 0 Å². The van der Waals surface area contributed by atoms with E-state index in [-0.39, 0.29) is 11.4 Å². The van der Waals surface area contributed by atoms with Crippen LogP contribution in [0.2, 0.25) is 5.02 Å². The van der Waals surface area contributed by atoms with Gasteiger partial charge in [-0.1, -0.05) is 41.9 Å². The zero-order valence-electron chi connectivity index (χ0n) is 9.81. The van der Waals surface area contributed by atoms with Gasteiger partial charge in [-0.15, -0.1) is 0 Å². The van der Waals surface area contributed by atoms with Gasteiger partial charge in [0.15, 0.2) is 0 Å². The molecule has 0 saturated heterocycles. The minimum absolute atomic E-state index is 0.0745. The van der Waals surface area contributed by atoms with Gasteiger partial charge >= 0.3 is 0 Å². The van der Waals surface area contributed by atoms with Gasteiger partial charge in [0, 0.05) is 5.02 Å². The van der Waals surface area contributed by atoms with E-state index < -0.39 is 15.8 Å². The van der Waals surface area contributed by atoms with Crippen LogP contribution in [-0.4, -0.2) is 8.42 Å². The van der Waals surface area contributed by atoms with Crippen molar-refractivity contribution in [2.45, 2.75) is 5.75 Å². The van der Waals surface area contributed by atoms with E-state index in [2.05, 4.69) is 4.72 Å². The quantitative estimate of drug-likeness (QED) is 0.940. The van der Waals surface area contributed by atoms with Gasteiger partial charge < -0.3 is 0 Å². The first-order valence-corrected chi connectivity index (χ1v) is 7.49. The lowest BCUT2D eigenvalue weighted by atomic mass is 10.2. The van der Waals surface area contributed by atoms with Crippen LogP contribution >= 0.6 is 11.6 Å². The average molecular weight is 300 g/mol. The number of benzene rings is 2. The van der Waals surface area contributed by atoms with Crippen molar-refractivity contribution in [2.75, 3.05) is 4.72 Å². The molecule has 0 heterocycles. The van der Waals surface area contributed by atoms with Crippen LogP contribution in [0.3, 0.4) is 0 Å². The summed E-state index contributed by atoms with van der Waals surface area (Å²) in [6.45, 7) is 0. The van der Waals surface area contributed by atoms with E-state index in [0.29, 0.717) is 10.6 Å². The lowest BCUT2D eigenvalue weighted by molar-refractivity contribution is 0.598. The van der Waals surface area contributed by atoms with E-state index in [1.807, 2.05) is 0 Å². The van der Waals surface area contributed by atoms with Crippen molar-refractivity contribution in [2.24, 2.45) is 0 Å². The van der Waals surface area contributed by atoms with Crippen LogP contribution in [0, 0.1) is 5.82 Å². The molecule has 0 atom stereocenters. The van der Waals surface area contributed by atoms with Crippen molar-refractivity contribution in [3.05, 3.63) is 64.9 Å². The average Bonchev–Trinajstić information content (AvgIpc) is 2.35.